The molecule has 5 nitrogen and oxygen atoms in total. The van der Waals surface area contributed by atoms with Gasteiger partial charge in [0.25, 0.3) is 11.8 Å². The predicted octanol–water partition coefficient (Wildman–Crippen LogP) is 4.29. The zero-order valence-electron chi connectivity index (χ0n) is 15.4. The molecular formula is C23H16ClN3O2. The number of carbonyl (C=O) groups excluding carboxylic acids is 2. The van der Waals surface area contributed by atoms with Crippen LogP contribution in [-0.2, 0) is 22.6 Å². The maximum absolute atomic E-state index is 12.9. The zero-order valence-corrected chi connectivity index (χ0v) is 16.1. The normalized spacial score (nSPS) is 16.3. The first-order chi connectivity index (χ1) is 14.1. The second-order valence-electron chi connectivity index (χ2n) is 7.54. The number of nitrogens with zero attached hydrogens (tertiary/aromatic N) is 1. The molecule has 0 radical (unpaired) electrons. The van der Waals surface area contributed by atoms with Crippen LogP contribution in [0, 0.1) is 0 Å². The fourth-order valence-electron chi connectivity index (χ4n) is 4.73. The number of carbonyl (C=O) groups is 2. The van der Waals surface area contributed by atoms with E-state index in [2.05, 4.69) is 14.9 Å². The summed E-state index contributed by atoms with van der Waals surface area (Å²) in [7, 11) is 0. The number of rotatable bonds is 2. The molecule has 0 aliphatic carbocycles. The SMILES string of the molecule is O=C1NC(=O)C(c2cn3c4c(c(Cl)ccc24)CCC3)=C1c1c[nH]c2ccccc12. The number of imide groups is 1. The average molecular weight is 402 g/mol. The number of halogens is 1. The van der Waals surface area contributed by atoms with Gasteiger partial charge in [-0.15, -0.1) is 0 Å². The number of H-pyrrole nitrogens is 1. The maximum atomic E-state index is 12.9. The number of para-hydroxylation sites is 1. The number of aromatic nitrogens is 2. The van der Waals surface area contributed by atoms with E-state index in [1.807, 2.05) is 42.6 Å². The summed E-state index contributed by atoms with van der Waals surface area (Å²) in [5.74, 6) is -0.718. The third kappa shape index (κ3) is 2.22. The minimum atomic E-state index is -0.361. The van der Waals surface area contributed by atoms with Crippen molar-refractivity contribution in [3.63, 3.8) is 0 Å². The molecule has 0 atom stereocenters. The predicted molar refractivity (Wildman–Crippen MR) is 114 cm³/mol. The summed E-state index contributed by atoms with van der Waals surface area (Å²) in [6.45, 7) is 0.870. The number of aryl methyl sites for hydroxylation is 2. The van der Waals surface area contributed by atoms with Gasteiger partial charge < -0.3 is 9.55 Å². The smallest absolute Gasteiger partial charge is 0.259 e. The van der Waals surface area contributed by atoms with Crippen LogP contribution in [0.5, 0.6) is 0 Å². The minimum absolute atomic E-state index is 0.356. The molecule has 0 saturated carbocycles. The van der Waals surface area contributed by atoms with Gasteiger partial charge in [-0.2, -0.15) is 0 Å². The van der Waals surface area contributed by atoms with E-state index in [1.165, 1.54) is 0 Å². The van der Waals surface area contributed by atoms with Gasteiger partial charge in [0.2, 0.25) is 0 Å². The first kappa shape index (κ1) is 16.6. The van der Waals surface area contributed by atoms with Crippen molar-refractivity contribution in [3.8, 4) is 0 Å². The number of aromatic amines is 1. The molecular weight excluding hydrogens is 386 g/mol. The molecule has 6 heteroatoms. The van der Waals surface area contributed by atoms with Gasteiger partial charge in [-0.05, 0) is 30.5 Å². The van der Waals surface area contributed by atoms with Gasteiger partial charge in [0, 0.05) is 51.4 Å². The summed E-state index contributed by atoms with van der Waals surface area (Å²) < 4.78 is 2.16. The first-order valence-corrected chi connectivity index (χ1v) is 9.98. The van der Waals surface area contributed by atoms with Gasteiger partial charge in [-0.3, -0.25) is 14.9 Å². The van der Waals surface area contributed by atoms with Crippen LogP contribution >= 0.6 is 11.6 Å². The van der Waals surface area contributed by atoms with E-state index in [1.54, 1.807) is 6.20 Å². The van der Waals surface area contributed by atoms with Crippen LogP contribution in [0.2, 0.25) is 5.02 Å². The van der Waals surface area contributed by atoms with Crippen molar-refractivity contribution < 1.29 is 9.59 Å². The van der Waals surface area contributed by atoms with Crippen molar-refractivity contribution in [1.82, 2.24) is 14.9 Å². The number of hydrogen-bond donors (Lipinski definition) is 2. The molecule has 4 aromatic rings. The second-order valence-corrected chi connectivity index (χ2v) is 7.95. The average Bonchev–Trinajstić information content (AvgIpc) is 3.38. The van der Waals surface area contributed by atoms with E-state index in [9.17, 15) is 9.59 Å². The summed E-state index contributed by atoms with van der Waals surface area (Å²) in [5, 5.41) is 5.13. The van der Waals surface area contributed by atoms with Gasteiger partial charge in [0.05, 0.1) is 16.7 Å². The lowest BCUT2D eigenvalue weighted by Crippen LogP contribution is -2.22. The molecule has 2 amide bonds. The van der Waals surface area contributed by atoms with E-state index in [-0.39, 0.29) is 11.8 Å². The molecule has 2 aliphatic heterocycles. The largest absolute Gasteiger partial charge is 0.361 e. The van der Waals surface area contributed by atoms with Crippen molar-refractivity contribution in [2.45, 2.75) is 19.4 Å². The van der Waals surface area contributed by atoms with Gasteiger partial charge in [0.1, 0.15) is 0 Å². The van der Waals surface area contributed by atoms with Crippen molar-refractivity contribution in [2.24, 2.45) is 0 Å². The highest BCUT2D eigenvalue weighted by molar-refractivity contribution is 6.51. The molecule has 0 unspecified atom stereocenters. The molecule has 29 heavy (non-hydrogen) atoms. The highest BCUT2D eigenvalue weighted by atomic mass is 35.5. The van der Waals surface area contributed by atoms with E-state index < -0.39 is 0 Å². The van der Waals surface area contributed by atoms with Gasteiger partial charge in [0.15, 0.2) is 0 Å². The Morgan fingerprint density at radius 3 is 2.59 bits per heavy atom. The molecule has 2 N–H and O–H groups in total. The Morgan fingerprint density at radius 2 is 1.72 bits per heavy atom. The van der Waals surface area contributed by atoms with Crippen LogP contribution in [0.4, 0.5) is 0 Å². The van der Waals surface area contributed by atoms with E-state index in [0.717, 1.165) is 62.9 Å². The number of fused-ring (bicyclic) bond motifs is 1. The summed E-state index contributed by atoms with van der Waals surface area (Å²) in [5.41, 5.74) is 5.47. The Kier molecular flexibility index (Phi) is 3.35. The molecule has 2 aliphatic rings. The summed E-state index contributed by atoms with van der Waals surface area (Å²) >= 11 is 6.44. The van der Waals surface area contributed by atoms with Crippen molar-refractivity contribution in [1.29, 1.82) is 0 Å². The highest BCUT2D eigenvalue weighted by Crippen LogP contribution is 2.41. The van der Waals surface area contributed by atoms with Crippen molar-refractivity contribution in [2.75, 3.05) is 0 Å². The van der Waals surface area contributed by atoms with E-state index in [0.29, 0.717) is 11.1 Å². The quantitative estimate of drug-likeness (QED) is 0.492. The van der Waals surface area contributed by atoms with Crippen LogP contribution in [-0.4, -0.2) is 21.4 Å². The van der Waals surface area contributed by atoms with Gasteiger partial charge in [-0.1, -0.05) is 35.9 Å². The van der Waals surface area contributed by atoms with Crippen LogP contribution < -0.4 is 5.32 Å². The van der Waals surface area contributed by atoms with Crippen LogP contribution in [0.25, 0.3) is 33.0 Å². The fraction of sp³-hybridized carbons (Fsp3) is 0.130. The van der Waals surface area contributed by atoms with Gasteiger partial charge >= 0.3 is 0 Å². The lowest BCUT2D eigenvalue weighted by Gasteiger charge is -2.16. The lowest BCUT2D eigenvalue weighted by atomic mass is 9.94. The molecule has 0 saturated heterocycles. The molecule has 0 fully saturated rings. The monoisotopic (exact) mass is 401 g/mol. The summed E-state index contributed by atoms with van der Waals surface area (Å²) in [6, 6.07) is 11.6. The Labute approximate surface area is 171 Å². The number of benzene rings is 2. The Morgan fingerprint density at radius 1 is 0.931 bits per heavy atom. The van der Waals surface area contributed by atoms with Gasteiger partial charge in [-0.25, -0.2) is 0 Å². The molecule has 2 aromatic carbocycles. The molecule has 0 spiro atoms. The second kappa shape index (κ2) is 5.84. The van der Waals surface area contributed by atoms with Crippen LogP contribution in [0.3, 0.4) is 0 Å². The fourth-order valence-corrected chi connectivity index (χ4v) is 4.98. The lowest BCUT2D eigenvalue weighted by molar-refractivity contribution is -0.122. The summed E-state index contributed by atoms with van der Waals surface area (Å²) in [4.78, 5) is 28.9. The Hall–Kier alpha value is -3.31. The number of nitrogens with one attached hydrogen (secondary N) is 2. The molecule has 4 heterocycles. The first-order valence-electron chi connectivity index (χ1n) is 9.60. The molecule has 2 aromatic heterocycles. The Bertz CT molecular complexity index is 1410. The third-order valence-electron chi connectivity index (χ3n) is 5.97. The highest BCUT2D eigenvalue weighted by Gasteiger charge is 2.35. The zero-order chi connectivity index (χ0) is 19.7. The molecule has 0 bridgehead atoms. The van der Waals surface area contributed by atoms with Crippen molar-refractivity contribution in [3.05, 3.63) is 70.5 Å². The van der Waals surface area contributed by atoms with Crippen molar-refractivity contribution >= 4 is 56.4 Å². The maximum Gasteiger partial charge on any atom is 0.259 e. The summed E-state index contributed by atoms with van der Waals surface area (Å²) in [6.07, 6.45) is 5.71. The van der Waals surface area contributed by atoms with Crippen LogP contribution in [0.15, 0.2) is 48.8 Å². The third-order valence-corrected chi connectivity index (χ3v) is 6.33. The van der Waals surface area contributed by atoms with E-state index >= 15 is 0 Å². The van der Waals surface area contributed by atoms with Crippen LogP contribution in [0.1, 0.15) is 23.1 Å². The molecule has 6 rings (SSSR count). The topological polar surface area (TPSA) is 66.9 Å². The Balaban J connectivity index is 1.69. The minimum Gasteiger partial charge on any atom is -0.361 e. The number of amides is 2. The standard InChI is InChI=1S/C23H16ClN3O2/c24-17-8-7-13-16(11-27-9-3-5-14(17)21(13)27)20-19(22(28)26-23(20)29)15-10-25-18-6-2-1-4-12(15)18/h1-2,4,6-8,10-11,25H,3,5,9H2,(H,26,28,29). The number of hydrogen-bond acceptors (Lipinski definition) is 2. The molecule has 142 valence electrons. The van der Waals surface area contributed by atoms with E-state index in [4.69, 9.17) is 11.6 Å².